The fraction of sp³-hybridized carbons (Fsp3) is 0.118. The Morgan fingerprint density at radius 1 is 1.24 bits per heavy atom. The number of aryl methyl sites for hydroxylation is 1. The molecule has 0 amide bonds. The topological polar surface area (TPSA) is 65.4 Å². The Hall–Kier alpha value is -2.93. The molecule has 0 fully saturated rings. The molecule has 0 saturated heterocycles. The second-order valence-electron chi connectivity index (χ2n) is 4.72. The Morgan fingerprint density at radius 2 is 2.14 bits per heavy atom. The number of pyridine rings is 1. The molecule has 1 N–H and O–H groups in total. The Balaban J connectivity index is 2.02. The molecule has 1 aromatic carbocycles. The first kappa shape index (κ1) is 13.1. The minimum Gasteiger partial charge on any atom is -0.338 e. The molecule has 0 aliphatic heterocycles. The summed E-state index contributed by atoms with van der Waals surface area (Å²) in [5.74, 6) is 0.803. The maximum Gasteiger partial charge on any atom is 0.139 e. The number of imidazole rings is 1. The van der Waals surface area contributed by atoms with Gasteiger partial charge in [0.1, 0.15) is 5.82 Å². The summed E-state index contributed by atoms with van der Waals surface area (Å²) in [5, 5.41) is 8.98. The van der Waals surface area contributed by atoms with Crippen molar-refractivity contribution in [2.75, 3.05) is 0 Å². The van der Waals surface area contributed by atoms with Gasteiger partial charge in [0.2, 0.25) is 0 Å². The molecule has 4 heteroatoms. The van der Waals surface area contributed by atoms with E-state index >= 15 is 0 Å². The van der Waals surface area contributed by atoms with Crippen molar-refractivity contribution in [3.8, 4) is 28.7 Å². The second kappa shape index (κ2) is 5.59. The molecule has 0 bridgehead atoms. The van der Waals surface area contributed by atoms with E-state index in [0.29, 0.717) is 5.56 Å². The van der Waals surface area contributed by atoms with Crippen LogP contribution in [0.2, 0.25) is 0 Å². The average Bonchev–Trinajstić information content (AvgIpc) is 3.04. The lowest BCUT2D eigenvalue weighted by Crippen LogP contribution is -1.90. The molecule has 0 saturated carbocycles. The summed E-state index contributed by atoms with van der Waals surface area (Å²) in [4.78, 5) is 11.9. The summed E-state index contributed by atoms with van der Waals surface area (Å²) < 4.78 is 0. The summed E-state index contributed by atoms with van der Waals surface area (Å²) in [6.07, 6.45) is 6.34. The lowest BCUT2D eigenvalue weighted by molar-refractivity contribution is 1.11. The predicted octanol–water partition coefficient (Wildman–Crippen LogP) is 3.57. The zero-order chi connectivity index (χ0) is 14.7. The molecule has 0 spiro atoms. The molecular weight excluding hydrogens is 260 g/mol. The van der Waals surface area contributed by atoms with E-state index in [2.05, 4.69) is 27.9 Å². The van der Waals surface area contributed by atoms with Gasteiger partial charge in [-0.05, 0) is 30.2 Å². The standard InChI is InChI=1S/C17H14N4/c1-2-13-6-7-19-10-15(13)17-20-11-16(21-17)14-5-3-4-12(8-14)9-18/h3-8,10-11H,2H2,1H3,(H,20,21). The summed E-state index contributed by atoms with van der Waals surface area (Å²) in [6.45, 7) is 2.11. The molecule has 3 rings (SSSR count). The van der Waals surface area contributed by atoms with Crippen LogP contribution in [-0.2, 0) is 6.42 Å². The van der Waals surface area contributed by atoms with Gasteiger partial charge in [-0.2, -0.15) is 5.26 Å². The van der Waals surface area contributed by atoms with Crippen LogP contribution in [0.25, 0.3) is 22.6 Å². The van der Waals surface area contributed by atoms with Gasteiger partial charge in [0.05, 0.1) is 23.5 Å². The summed E-state index contributed by atoms with van der Waals surface area (Å²) in [5.41, 5.74) is 4.71. The first-order valence-corrected chi connectivity index (χ1v) is 6.80. The minimum absolute atomic E-state index is 0.638. The first-order chi connectivity index (χ1) is 10.3. The SMILES string of the molecule is CCc1ccncc1-c1ncc(-c2cccc(C#N)c2)[nH]1. The lowest BCUT2D eigenvalue weighted by atomic mass is 10.1. The van der Waals surface area contributed by atoms with E-state index in [-0.39, 0.29) is 0 Å². The zero-order valence-electron chi connectivity index (χ0n) is 11.7. The van der Waals surface area contributed by atoms with Crippen molar-refractivity contribution < 1.29 is 0 Å². The molecule has 4 nitrogen and oxygen atoms in total. The van der Waals surface area contributed by atoms with Crippen molar-refractivity contribution in [3.05, 3.63) is 60.0 Å². The highest BCUT2D eigenvalue weighted by Gasteiger charge is 2.09. The number of nitrogens with one attached hydrogen (secondary N) is 1. The van der Waals surface area contributed by atoms with Crippen molar-refractivity contribution in [2.24, 2.45) is 0 Å². The second-order valence-corrected chi connectivity index (χ2v) is 4.72. The number of aromatic amines is 1. The van der Waals surface area contributed by atoms with Gasteiger partial charge in [-0.3, -0.25) is 4.98 Å². The summed E-state index contributed by atoms with van der Waals surface area (Å²) in [6, 6.07) is 11.6. The highest BCUT2D eigenvalue weighted by molar-refractivity contribution is 5.66. The van der Waals surface area contributed by atoms with E-state index in [1.165, 1.54) is 5.56 Å². The fourth-order valence-electron chi connectivity index (χ4n) is 2.31. The van der Waals surface area contributed by atoms with Crippen LogP contribution in [0.15, 0.2) is 48.9 Å². The zero-order valence-corrected chi connectivity index (χ0v) is 11.7. The summed E-state index contributed by atoms with van der Waals surface area (Å²) in [7, 11) is 0. The van der Waals surface area contributed by atoms with Crippen LogP contribution in [-0.4, -0.2) is 15.0 Å². The van der Waals surface area contributed by atoms with Gasteiger partial charge in [0.25, 0.3) is 0 Å². The largest absolute Gasteiger partial charge is 0.338 e. The Bertz CT molecular complexity index is 811. The molecule has 102 valence electrons. The number of nitrogens with zero attached hydrogens (tertiary/aromatic N) is 3. The minimum atomic E-state index is 0.638. The van der Waals surface area contributed by atoms with Crippen LogP contribution >= 0.6 is 0 Å². The quantitative estimate of drug-likeness (QED) is 0.794. The molecule has 2 aromatic heterocycles. The van der Waals surface area contributed by atoms with Gasteiger partial charge in [0, 0.05) is 23.5 Å². The van der Waals surface area contributed by atoms with Crippen LogP contribution in [0.5, 0.6) is 0 Å². The van der Waals surface area contributed by atoms with Crippen LogP contribution in [0.4, 0.5) is 0 Å². The number of hydrogen-bond donors (Lipinski definition) is 1. The number of rotatable bonds is 3. The van der Waals surface area contributed by atoms with Crippen LogP contribution in [0, 0.1) is 11.3 Å². The van der Waals surface area contributed by atoms with Gasteiger partial charge in [-0.15, -0.1) is 0 Å². The highest BCUT2D eigenvalue weighted by Crippen LogP contribution is 2.24. The van der Waals surface area contributed by atoms with E-state index in [4.69, 9.17) is 5.26 Å². The Kier molecular flexibility index (Phi) is 3.48. The normalized spacial score (nSPS) is 10.3. The molecule has 0 atom stereocenters. The number of nitriles is 1. The summed E-state index contributed by atoms with van der Waals surface area (Å²) >= 11 is 0. The van der Waals surface area contributed by atoms with Gasteiger partial charge in [-0.1, -0.05) is 19.1 Å². The Labute approximate surface area is 123 Å². The number of H-pyrrole nitrogens is 1. The molecule has 0 aliphatic rings. The van der Waals surface area contributed by atoms with Crippen molar-refractivity contribution in [1.29, 1.82) is 5.26 Å². The molecule has 0 unspecified atom stereocenters. The Morgan fingerprint density at radius 3 is 2.95 bits per heavy atom. The molecule has 21 heavy (non-hydrogen) atoms. The van der Waals surface area contributed by atoms with Crippen LogP contribution in [0.3, 0.4) is 0 Å². The fourth-order valence-corrected chi connectivity index (χ4v) is 2.31. The van der Waals surface area contributed by atoms with Crippen LogP contribution < -0.4 is 0 Å². The van der Waals surface area contributed by atoms with Gasteiger partial charge >= 0.3 is 0 Å². The molecule has 3 aromatic rings. The maximum absolute atomic E-state index is 8.98. The first-order valence-electron chi connectivity index (χ1n) is 6.80. The third kappa shape index (κ3) is 2.54. The van der Waals surface area contributed by atoms with E-state index in [1.54, 1.807) is 18.5 Å². The van der Waals surface area contributed by atoms with Crippen LogP contribution in [0.1, 0.15) is 18.1 Å². The van der Waals surface area contributed by atoms with E-state index in [0.717, 1.165) is 29.1 Å². The van der Waals surface area contributed by atoms with Gasteiger partial charge in [-0.25, -0.2) is 4.98 Å². The van der Waals surface area contributed by atoms with Gasteiger partial charge in [0.15, 0.2) is 0 Å². The number of benzene rings is 1. The predicted molar refractivity (Wildman–Crippen MR) is 81.3 cm³/mol. The van der Waals surface area contributed by atoms with Crippen molar-refractivity contribution in [1.82, 2.24) is 15.0 Å². The van der Waals surface area contributed by atoms with E-state index in [1.807, 2.05) is 30.5 Å². The molecule has 0 radical (unpaired) electrons. The maximum atomic E-state index is 8.98. The van der Waals surface area contributed by atoms with Crippen molar-refractivity contribution in [2.45, 2.75) is 13.3 Å². The molecular formula is C17H14N4. The average molecular weight is 274 g/mol. The molecule has 0 aliphatic carbocycles. The highest BCUT2D eigenvalue weighted by atomic mass is 14.9. The van der Waals surface area contributed by atoms with Gasteiger partial charge < -0.3 is 4.98 Å². The lowest BCUT2D eigenvalue weighted by Gasteiger charge is -2.03. The third-order valence-corrected chi connectivity index (χ3v) is 3.43. The molecule has 2 heterocycles. The number of hydrogen-bond acceptors (Lipinski definition) is 3. The van der Waals surface area contributed by atoms with E-state index < -0.39 is 0 Å². The third-order valence-electron chi connectivity index (χ3n) is 3.43. The van der Waals surface area contributed by atoms with Crippen molar-refractivity contribution in [3.63, 3.8) is 0 Å². The number of aromatic nitrogens is 3. The smallest absolute Gasteiger partial charge is 0.139 e. The van der Waals surface area contributed by atoms with Crippen molar-refractivity contribution >= 4 is 0 Å². The van der Waals surface area contributed by atoms with E-state index in [9.17, 15) is 0 Å². The monoisotopic (exact) mass is 274 g/mol.